The number of ether oxygens (including phenoxy) is 1. The van der Waals surface area contributed by atoms with Gasteiger partial charge in [-0.25, -0.2) is 9.97 Å². The predicted molar refractivity (Wildman–Crippen MR) is 115 cm³/mol. The first kappa shape index (κ1) is 19.2. The van der Waals surface area contributed by atoms with Gasteiger partial charge in [0.05, 0.1) is 17.2 Å². The number of aliphatic hydroxyl groups is 1. The number of hydrogen-bond donors (Lipinski definition) is 3. The molecule has 7 heteroatoms. The lowest BCUT2D eigenvalue weighted by Gasteiger charge is -2.10. The Balaban J connectivity index is 1.66. The zero-order valence-electron chi connectivity index (χ0n) is 15.9. The third-order valence-corrected chi connectivity index (χ3v) is 4.57. The van der Waals surface area contributed by atoms with Gasteiger partial charge in [0.1, 0.15) is 23.8 Å². The van der Waals surface area contributed by atoms with Gasteiger partial charge < -0.3 is 20.1 Å². The number of aromatic amines is 1. The quantitative estimate of drug-likeness (QED) is 0.414. The molecular weight excluding hydrogens is 388 g/mol. The Morgan fingerprint density at radius 3 is 2.69 bits per heavy atom. The second-order valence-corrected chi connectivity index (χ2v) is 7.23. The molecule has 0 unspecified atom stereocenters. The lowest BCUT2D eigenvalue weighted by molar-refractivity contribution is 0.208. The highest BCUT2D eigenvalue weighted by Gasteiger charge is 2.13. The molecular formula is C22H21ClN4O2. The van der Waals surface area contributed by atoms with E-state index in [4.69, 9.17) is 16.3 Å². The van der Waals surface area contributed by atoms with Gasteiger partial charge in [-0.2, -0.15) is 0 Å². The molecule has 0 fully saturated rings. The Labute approximate surface area is 173 Å². The van der Waals surface area contributed by atoms with Crippen LogP contribution in [0.2, 0.25) is 5.02 Å². The summed E-state index contributed by atoms with van der Waals surface area (Å²) in [5.41, 5.74) is 2.48. The molecule has 29 heavy (non-hydrogen) atoms. The van der Waals surface area contributed by atoms with Crippen molar-refractivity contribution in [3.05, 3.63) is 71.4 Å². The summed E-state index contributed by atoms with van der Waals surface area (Å²) in [6, 6.07) is 19.0. The summed E-state index contributed by atoms with van der Waals surface area (Å²) < 4.78 is 5.83. The van der Waals surface area contributed by atoms with Gasteiger partial charge in [-0.3, -0.25) is 0 Å². The van der Waals surface area contributed by atoms with E-state index in [0.717, 1.165) is 16.6 Å². The van der Waals surface area contributed by atoms with Crippen molar-refractivity contribution < 1.29 is 9.84 Å². The molecule has 6 nitrogen and oxygen atoms in total. The van der Waals surface area contributed by atoms with Crippen LogP contribution in [0.1, 0.15) is 12.6 Å². The van der Waals surface area contributed by atoms with Gasteiger partial charge in [0.15, 0.2) is 5.82 Å². The fourth-order valence-electron chi connectivity index (χ4n) is 2.95. The minimum Gasteiger partial charge on any atom is -0.487 e. The van der Waals surface area contributed by atoms with E-state index in [1.807, 2.05) is 48.5 Å². The Morgan fingerprint density at radius 1 is 1.10 bits per heavy atom. The molecule has 0 aliphatic heterocycles. The maximum absolute atomic E-state index is 9.67. The molecule has 0 bridgehead atoms. The Bertz CT molecular complexity index is 1110. The maximum atomic E-state index is 9.67. The topological polar surface area (TPSA) is 83.1 Å². The van der Waals surface area contributed by atoms with Crippen LogP contribution in [0, 0.1) is 0 Å². The molecule has 2 heterocycles. The summed E-state index contributed by atoms with van der Waals surface area (Å²) >= 11 is 6.01. The minimum absolute atomic E-state index is 0.340. The fourth-order valence-corrected chi connectivity index (χ4v) is 3.14. The molecule has 0 radical (unpaired) electrons. The van der Waals surface area contributed by atoms with E-state index in [1.54, 1.807) is 19.1 Å². The third kappa shape index (κ3) is 4.67. The molecule has 4 aromatic rings. The van der Waals surface area contributed by atoms with Crippen LogP contribution in [0.4, 0.5) is 5.82 Å². The van der Waals surface area contributed by atoms with Crippen LogP contribution >= 0.6 is 11.6 Å². The Hall–Kier alpha value is -3.09. The summed E-state index contributed by atoms with van der Waals surface area (Å²) in [6.07, 6.45) is -0.496. The largest absolute Gasteiger partial charge is 0.487 e. The van der Waals surface area contributed by atoms with Crippen molar-refractivity contribution in [1.82, 2.24) is 15.0 Å². The highest BCUT2D eigenvalue weighted by molar-refractivity contribution is 6.30. The lowest BCUT2D eigenvalue weighted by Crippen LogP contribution is -2.16. The summed E-state index contributed by atoms with van der Waals surface area (Å²) in [4.78, 5) is 12.7. The van der Waals surface area contributed by atoms with Gasteiger partial charge in [0, 0.05) is 17.1 Å². The van der Waals surface area contributed by atoms with Gasteiger partial charge in [-0.1, -0.05) is 48.0 Å². The summed E-state index contributed by atoms with van der Waals surface area (Å²) in [5.74, 6) is 1.97. The van der Waals surface area contributed by atoms with Crippen molar-refractivity contribution >= 4 is 28.5 Å². The first-order valence-electron chi connectivity index (χ1n) is 9.34. The average molecular weight is 409 g/mol. The molecule has 0 aliphatic rings. The van der Waals surface area contributed by atoms with Crippen molar-refractivity contribution in [1.29, 1.82) is 0 Å². The van der Waals surface area contributed by atoms with Gasteiger partial charge in [0.2, 0.25) is 0 Å². The van der Waals surface area contributed by atoms with Crippen LogP contribution in [-0.4, -0.2) is 32.7 Å². The number of halogens is 1. The second kappa shape index (κ2) is 8.51. The molecule has 2 aromatic heterocycles. The van der Waals surface area contributed by atoms with Gasteiger partial charge >= 0.3 is 0 Å². The average Bonchev–Trinajstić information content (AvgIpc) is 3.14. The number of anilines is 1. The number of benzene rings is 2. The number of aliphatic hydroxyl groups excluding tert-OH is 1. The summed E-state index contributed by atoms with van der Waals surface area (Å²) in [7, 11) is 0. The van der Waals surface area contributed by atoms with Gasteiger partial charge in [0.25, 0.3) is 0 Å². The zero-order chi connectivity index (χ0) is 20.2. The molecule has 148 valence electrons. The number of H-pyrrole nitrogens is 1. The highest BCUT2D eigenvalue weighted by atomic mass is 35.5. The van der Waals surface area contributed by atoms with Crippen LogP contribution in [0.25, 0.3) is 22.4 Å². The molecule has 0 saturated carbocycles. The number of hydrogen-bond acceptors (Lipinski definition) is 5. The van der Waals surface area contributed by atoms with Crippen molar-refractivity contribution in [3.63, 3.8) is 0 Å². The first-order chi connectivity index (χ1) is 14.1. The number of aromatic nitrogens is 3. The minimum atomic E-state index is -0.496. The van der Waals surface area contributed by atoms with Crippen LogP contribution in [0.5, 0.6) is 5.75 Å². The number of rotatable bonds is 7. The standard InChI is InChI=1S/C22H21ClN4O2/c1-14(28)12-24-21-19-11-17(13-29-18-9-5-8-16(23)10-18)25-22(19)27-20(26-21)15-6-3-2-4-7-15/h2-11,14,28H,12-13H2,1H3,(H2,24,25,26,27)/t14-/m1/s1. The summed E-state index contributed by atoms with van der Waals surface area (Å²) in [6.45, 7) is 2.46. The zero-order valence-corrected chi connectivity index (χ0v) is 16.6. The fraction of sp³-hybridized carbons (Fsp3) is 0.182. The van der Waals surface area contributed by atoms with E-state index in [9.17, 15) is 5.11 Å². The number of nitrogens with zero attached hydrogens (tertiary/aromatic N) is 2. The Morgan fingerprint density at radius 2 is 1.93 bits per heavy atom. The Kier molecular flexibility index (Phi) is 5.64. The smallest absolute Gasteiger partial charge is 0.163 e. The molecule has 3 N–H and O–H groups in total. The normalized spacial score (nSPS) is 12.1. The monoisotopic (exact) mass is 408 g/mol. The number of nitrogens with one attached hydrogen (secondary N) is 2. The molecule has 4 rings (SSSR count). The van der Waals surface area contributed by atoms with E-state index in [-0.39, 0.29) is 0 Å². The lowest BCUT2D eigenvalue weighted by atomic mass is 10.2. The van der Waals surface area contributed by atoms with E-state index < -0.39 is 6.10 Å². The van der Waals surface area contributed by atoms with Crippen LogP contribution in [0.3, 0.4) is 0 Å². The third-order valence-electron chi connectivity index (χ3n) is 4.33. The first-order valence-corrected chi connectivity index (χ1v) is 9.71. The van der Waals surface area contributed by atoms with Crippen molar-refractivity contribution in [3.8, 4) is 17.1 Å². The van der Waals surface area contributed by atoms with Crippen molar-refractivity contribution in [2.75, 3.05) is 11.9 Å². The van der Waals surface area contributed by atoms with E-state index >= 15 is 0 Å². The predicted octanol–water partition coefficient (Wildman–Crippen LogP) is 4.65. The van der Waals surface area contributed by atoms with Crippen molar-refractivity contribution in [2.24, 2.45) is 0 Å². The summed E-state index contributed by atoms with van der Waals surface area (Å²) in [5, 5.41) is 14.3. The van der Waals surface area contributed by atoms with Crippen molar-refractivity contribution in [2.45, 2.75) is 19.6 Å². The second-order valence-electron chi connectivity index (χ2n) is 6.79. The maximum Gasteiger partial charge on any atom is 0.163 e. The highest BCUT2D eigenvalue weighted by Crippen LogP contribution is 2.26. The van der Waals surface area contributed by atoms with Crippen LogP contribution in [-0.2, 0) is 6.61 Å². The molecule has 0 saturated heterocycles. The number of fused-ring (bicyclic) bond motifs is 1. The molecule has 0 spiro atoms. The molecule has 2 aromatic carbocycles. The SMILES string of the molecule is C[C@@H](O)CNc1nc(-c2ccccc2)nc2[nH]c(COc3cccc(Cl)c3)cc12. The van der Waals surface area contributed by atoms with E-state index in [0.29, 0.717) is 41.2 Å². The van der Waals surface area contributed by atoms with Crippen LogP contribution < -0.4 is 10.1 Å². The molecule has 0 aliphatic carbocycles. The molecule has 1 atom stereocenters. The molecule has 0 amide bonds. The van der Waals surface area contributed by atoms with Crippen LogP contribution in [0.15, 0.2) is 60.7 Å². The van der Waals surface area contributed by atoms with Gasteiger partial charge in [-0.15, -0.1) is 0 Å². The van der Waals surface area contributed by atoms with Gasteiger partial charge in [-0.05, 0) is 31.2 Å². The van der Waals surface area contributed by atoms with E-state index in [2.05, 4.69) is 20.3 Å². The van der Waals surface area contributed by atoms with E-state index in [1.165, 1.54) is 0 Å².